The quantitative estimate of drug-likeness (QED) is 0.592. The molecule has 1 unspecified atom stereocenters. The number of aliphatic hydroxyl groups is 1. The summed E-state index contributed by atoms with van der Waals surface area (Å²) in [6.45, 7) is 12.5. The Morgan fingerprint density at radius 1 is 1.26 bits per heavy atom. The molecule has 188 valence electrons. The molecule has 4 aliphatic carbocycles. The fraction of sp³-hybridized carbons (Fsp3) is 0.643. The molecular weight excluding hydrogens is 466 g/mol. The molecule has 0 amide bonds. The van der Waals surface area contributed by atoms with Gasteiger partial charge in [-0.2, -0.15) is 0 Å². The summed E-state index contributed by atoms with van der Waals surface area (Å²) in [5.41, 5.74) is -1.16. The highest BCUT2D eigenvalue weighted by molar-refractivity contribution is 6.31. The van der Waals surface area contributed by atoms with Gasteiger partial charge in [-0.3, -0.25) is 4.79 Å². The molecule has 7 heteroatoms. The van der Waals surface area contributed by atoms with Crippen molar-refractivity contribution in [2.75, 3.05) is 6.61 Å². The molecular formula is C28H34ClNO5. The lowest BCUT2D eigenvalue weighted by atomic mass is 9.59. The van der Waals surface area contributed by atoms with Gasteiger partial charge in [-0.05, 0) is 73.6 Å². The van der Waals surface area contributed by atoms with Crippen molar-refractivity contribution in [3.63, 3.8) is 0 Å². The Hall–Kier alpha value is -1.73. The fourth-order valence-corrected chi connectivity index (χ4v) is 8.04. The van der Waals surface area contributed by atoms with Gasteiger partial charge in [0, 0.05) is 12.1 Å². The van der Waals surface area contributed by atoms with Crippen LogP contribution >= 0.6 is 11.6 Å². The van der Waals surface area contributed by atoms with Crippen molar-refractivity contribution in [3.8, 4) is 5.88 Å². The van der Waals surface area contributed by atoms with E-state index in [9.17, 15) is 9.90 Å². The Morgan fingerprint density at radius 2 is 2.00 bits per heavy atom. The molecule has 1 saturated heterocycles. The Balaban J connectivity index is 1.57. The number of nitrogens with zero attached hydrogens (tertiary/aromatic N) is 1. The first kappa shape index (κ1) is 23.7. The molecule has 0 radical (unpaired) electrons. The monoisotopic (exact) mass is 499 g/mol. The van der Waals surface area contributed by atoms with E-state index in [4.69, 9.17) is 25.8 Å². The van der Waals surface area contributed by atoms with Gasteiger partial charge in [-0.15, -0.1) is 0 Å². The van der Waals surface area contributed by atoms with Crippen molar-refractivity contribution in [1.82, 2.24) is 4.98 Å². The van der Waals surface area contributed by atoms with E-state index < -0.39 is 29.0 Å². The summed E-state index contributed by atoms with van der Waals surface area (Å²) in [5.74, 6) is -0.389. The lowest BCUT2D eigenvalue weighted by molar-refractivity contribution is -0.301. The second-order valence-electron chi connectivity index (χ2n) is 12.3. The minimum atomic E-state index is -1.68. The average Bonchev–Trinajstić information content (AvgIpc) is 3.27. The van der Waals surface area contributed by atoms with Crippen LogP contribution in [0.15, 0.2) is 41.6 Å². The molecule has 2 heterocycles. The fourth-order valence-electron chi connectivity index (χ4n) is 7.87. The normalized spacial score (nSPS) is 44.6. The van der Waals surface area contributed by atoms with Crippen LogP contribution < -0.4 is 4.74 Å². The first-order valence-electron chi connectivity index (χ1n) is 12.6. The predicted octanol–water partition coefficient (Wildman–Crippen LogP) is 4.75. The zero-order valence-electron chi connectivity index (χ0n) is 21.2. The first-order chi connectivity index (χ1) is 16.3. The number of hydrogen-bond donors (Lipinski definition) is 1. The molecule has 5 aliphatic rings. The Bertz CT molecular complexity index is 1170. The number of halogens is 1. The summed E-state index contributed by atoms with van der Waals surface area (Å²) in [4.78, 5) is 19.0. The number of rotatable bonds is 2. The summed E-state index contributed by atoms with van der Waals surface area (Å²) in [6.07, 6.45) is 4.87. The highest BCUT2D eigenvalue weighted by atomic mass is 35.5. The highest BCUT2D eigenvalue weighted by Crippen LogP contribution is 2.72. The number of ether oxygens (including phenoxy) is 3. The largest absolute Gasteiger partial charge is 0.465 e. The minimum absolute atomic E-state index is 0.0615. The standard InChI is InChI=1S/C28H34ClNO5/c1-14-12-27-15(2)10-18-20(25(18,3)4)17(21(27)31)11-16-13-33-26(5,6)35-23(16)28(27,32)22(14)34-24-19(29)8-7-9-30-24/h7-9,11-12,15,17-18,20,22-23,32H,10,13H2,1-6H3/t15-,17+,18-,20+,22+,23-,27?,28-/m1/s1. The zero-order valence-corrected chi connectivity index (χ0v) is 21.9. The molecule has 35 heavy (non-hydrogen) atoms. The molecule has 6 rings (SSSR count). The summed E-state index contributed by atoms with van der Waals surface area (Å²) in [7, 11) is 0. The summed E-state index contributed by atoms with van der Waals surface area (Å²) in [5, 5.41) is 13.4. The third-order valence-corrected chi connectivity index (χ3v) is 9.91. The van der Waals surface area contributed by atoms with E-state index in [1.807, 2.05) is 26.8 Å². The smallest absolute Gasteiger partial charge is 0.233 e. The maximum Gasteiger partial charge on any atom is 0.233 e. The Labute approximate surface area is 211 Å². The molecule has 8 atom stereocenters. The second kappa shape index (κ2) is 7.18. The number of ketones is 1. The third-order valence-electron chi connectivity index (χ3n) is 9.63. The van der Waals surface area contributed by atoms with Crippen LogP contribution in [-0.4, -0.2) is 46.1 Å². The number of allylic oxidation sites excluding steroid dienone is 1. The van der Waals surface area contributed by atoms with Gasteiger partial charge in [0.05, 0.1) is 12.0 Å². The SMILES string of the molecule is CC1=CC23C(=O)[C@@H](C=C4COC(C)(C)O[C@H]4[C@]2(O)[C@H]1Oc1ncccc1Cl)[C@H]1[C@@H](C[C@H]3C)C1(C)C. The maximum absolute atomic E-state index is 14.7. The van der Waals surface area contributed by atoms with Crippen molar-refractivity contribution in [2.24, 2.45) is 34.5 Å². The Morgan fingerprint density at radius 3 is 2.71 bits per heavy atom. The zero-order chi connectivity index (χ0) is 25.1. The van der Waals surface area contributed by atoms with Gasteiger partial charge in [-0.25, -0.2) is 4.98 Å². The molecule has 1 aromatic rings. The van der Waals surface area contributed by atoms with E-state index >= 15 is 0 Å². The van der Waals surface area contributed by atoms with Crippen molar-refractivity contribution >= 4 is 17.4 Å². The molecule has 2 saturated carbocycles. The van der Waals surface area contributed by atoms with Gasteiger partial charge in [0.15, 0.2) is 23.3 Å². The van der Waals surface area contributed by atoms with Crippen molar-refractivity contribution in [1.29, 1.82) is 0 Å². The molecule has 6 nitrogen and oxygen atoms in total. The molecule has 1 aliphatic heterocycles. The van der Waals surface area contributed by atoms with E-state index in [1.54, 1.807) is 18.3 Å². The van der Waals surface area contributed by atoms with Crippen LogP contribution in [0.2, 0.25) is 5.02 Å². The highest BCUT2D eigenvalue weighted by Gasteiger charge is 2.77. The number of pyridine rings is 1. The van der Waals surface area contributed by atoms with Crippen LogP contribution in [-0.2, 0) is 14.3 Å². The van der Waals surface area contributed by atoms with Gasteiger partial charge >= 0.3 is 0 Å². The molecule has 1 spiro atoms. The molecule has 3 fully saturated rings. The maximum atomic E-state index is 14.7. The van der Waals surface area contributed by atoms with Crippen LogP contribution in [0.3, 0.4) is 0 Å². The van der Waals surface area contributed by atoms with E-state index in [0.29, 0.717) is 17.5 Å². The third kappa shape index (κ3) is 2.94. The van der Waals surface area contributed by atoms with Crippen LogP contribution in [0.1, 0.15) is 48.0 Å². The molecule has 0 aromatic carbocycles. The lowest BCUT2D eigenvalue weighted by Crippen LogP contribution is -2.68. The van der Waals surface area contributed by atoms with Gasteiger partial charge in [0.2, 0.25) is 5.88 Å². The summed E-state index contributed by atoms with van der Waals surface area (Å²) < 4.78 is 18.9. The topological polar surface area (TPSA) is 77.9 Å². The van der Waals surface area contributed by atoms with Gasteiger partial charge < -0.3 is 19.3 Å². The number of carbonyl (C=O) groups excluding carboxylic acids is 1. The summed E-state index contributed by atoms with van der Waals surface area (Å²) in [6, 6.07) is 3.43. The van der Waals surface area contributed by atoms with Crippen LogP contribution in [0.4, 0.5) is 0 Å². The van der Waals surface area contributed by atoms with E-state index in [1.165, 1.54) is 0 Å². The summed E-state index contributed by atoms with van der Waals surface area (Å²) >= 11 is 6.41. The average molecular weight is 500 g/mol. The van der Waals surface area contributed by atoms with Crippen molar-refractivity contribution < 1.29 is 24.1 Å². The van der Waals surface area contributed by atoms with Crippen molar-refractivity contribution in [3.05, 3.63) is 46.7 Å². The molecule has 1 aromatic heterocycles. The number of aromatic nitrogens is 1. The second-order valence-corrected chi connectivity index (χ2v) is 12.7. The number of hydrogen-bond acceptors (Lipinski definition) is 6. The molecule has 1 N–H and O–H groups in total. The Kier molecular flexibility index (Phi) is 4.86. The van der Waals surface area contributed by atoms with Gasteiger partial charge in [-0.1, -0.05) is 44.5 Å². The first-order valence-corrected chi connectivity index (χ1v) is 13.0. The minimum Gasteiger partial charge on any atom is -0.465 e. The lowest BCUT2D eigenvalue weighted by Gasteiger charge is -2.52. The number of Topliss-reactive ketones (excluding diaryl/α,β-unsaturated/α-hetero) is 1. The van der Waals surface area contributed by atoms with E-state index in [2.05, 4.69) is 31.8 Å². The van der Waals surface area contributed by atoms with E-state index in [-0.39, 0.29) is 34.8 Å². The van der Waals surface area contributed by atoms with Crippen LogP contribution in [0.25, 0.3) is 0 Å². The number of carbonyl (C=O) groups is 1. The number of fused-ring (bicyclic) bond motifs is 5. The van der Waals surface area contributed by atoms with Gasteiger partial charge in [0.1, 0.15) is 11.1 Å². The predicted molar refractivity (Wildman–Crippen MR) is 131 cm³/mol. The van der Waals surface area contributed by atoms with Crippen molar-refractivity contribution in [2.45, 2.75) is 71.6 Å². The van der Waals surface area contributed by atoms with E-state index in [0.717, 1.165) is 17.6 Å². The van der Waals surface area contributed by atoms with Crippen LogP contribution in [0, 0.1) is 34.5 Å². The van der Waals surface area contributed by atoms with Crippen LogP contribution in [0.5, 0.6) is 5.88 Å². The van der Waals surface area contributed by atoms with Gasteiger partial charge in [0.25, 0.3) is 0 Å². The molecule has 2 bridgehead atoms.